The molecular formula is C12H16BrN. The Balaban J connectivity index is 2.18. The Morgan fingerprint density at radius 1 is 1.29 bits per heavy atom. The maximum Gasteiger partial charge on any atom is 0.0438 e. The quantitative estimate of drug-likeness (QED) is 0.731. The molecule has 0 unspecified atom stereocenters. The summed E-state index contributed by atoms with van der Waals surface area (Å²) < 4.78 is 1.12. The number of hydrogen-bond acceptors (Lipinski definition) is 1. The number of rotatable bonds is 1. The fourth-order valence-corrected chi connectivity index (χ4v) is 2.40. The number of pyridine rings is 1. The highest BCUT2D eigenvalue weighted by Crippen LogP contribution is 2.32. The molecule has 1 aromatic rings. The van der Waals surface area contributed by atoms with Crippen LogP contribution in [0.4, 0.5) is 0 Å². The smallest absolute Gasteiger partial charge is 0.0438 e. The summed E-state index contributed by atoms with van der Waals surface area (Å²) in [5, 5.41) is 0. The van der Waals surface area contributed by atoms with Gasteiger partial charge in [-0.05, 0) is 47.3 Å². The molecule has 1 aliphatic rings. The summed E-state index contributed by atoms with van der Waals surface area (Å²) in [4.78, 5) is 4.52. The van der Waals surface area contributed by atoms with Crippen LogP contribution in [0, 0.1) is 6.92 Å². The first-order valence-electron chi connectivity index (χ1n) is 5.39. The van der Waals surface area contributed by atoms with Crippen LogP contribution in [-0.4, -0.2) is 4.98 Å². The zero-order chi connectivity index (χ0) is 9.97. The third-order valence-corrected chi connectivity index (χ3v) is 3.92. The van der Waals surface area contributed by atoms with Crippen molar-refractivity contribution < 1.29 is 0 Å². The molecule has 1 fully saturated rings. The van der Waals surface area contributed by atoms with Crippen molar-refractivity contribution in [3.63, 3.8) is 0 Å². The Morgan fingerprint density at radius 3 is 2.64 bits per heavy atom. The van der Waals surface area contributed by atoms with Crippen LogP contribution < -0.4 is 0 Å². The van der Waals surface area contributed by atoms with Gasteiger partial charge in [0.25, 0.3) is 0 Å². The van der Waals surface area contributed by atoms with Gasteiger partial charge < -0.3 is 0 Å². The fourth-order valence-electron chi connectivity index (χ4n) is 2.18. The first-order chi connectivity index (χ1) is 6.77. The van der Waals surface area contributed by atoms with Gasteiger partial charge in [-0.2, -0.15) is 0 Å². The Kier molecular flexibility index (Phi) is 3.22. The van der Waals surface area contributed by atoms with Crippen molar-refractivity contribution in [1.82, 2.24) is 4.98 Å². The standard InChI is InChI=1S/C12H16BrN/c1-9-7-12(14-8-11(9)13)10-5-3-2-4-6-10/h7-8,10H,2-6H2,1H3. The van der Waals surface area contributed by atoms with Crippen LogP contribution in [-0.2, 0) is 0 Å². The van der Waals surface area contributed by atoms with Crippen LogP contribution >= 0.6 is 15.9 Å². The van der Waals surface area contributed by atoms with E-state index in [1.165, 1.54) is 43.4 Å². The molecule has 0 aromatic carbocycles. The minimum Gasteiger partial charge on any atom is -0.260 e. The molecule has 1 nitrogen and oxygen atoms in total. The zero-order valence-electron chi connectivity index (χ0n) is 8.59. The highest BCUT2D eigenvalue weighted by atomic mass is 79.9. The van der Waals surface area contributed by atoms with Crippen molar-refractivity contribution in [3.05, 3.63) is 28.0 Å². The lowest BCUT2D eigenvalue weighted by molar-refractivity contribution is 0.436. The van der Waals surface area contributed by atoms with Crippen LogP contribution in [0.25, 0.3) is 0 Å². The number of hydrogen-bond donors (Lipinski definition) is 0. The molecule has 0 N–H and O–H groups in total. The van der Waals surface area contributed by atoms with E-state index in [4.69, 9.17) is 0 Å². The van der Waals surface area contributed by atoms with Gasteiger partial charge in [0.1, 0.15) is 0 Å². The molecule has 1 heterocycles. The minimum atomic E-state index is 0.718. The number of aryl methyl sites for hydroxylation is 1. The van der Waals surface area contributed by atoms with Crippen molar-refractivity contribution in [2.75, 3.05) is 0 Å². The van der Waals surface area contributed by atoms with E-state index in [0.717, 1.165) is 10.4 Å². The first-order valence-corrected chi connectivity index (χ1v) is 6.18. The Morgan fingerprint density at radius 2 is 2.00 bits per heavy atom. The molecule has 1 saturated carbocycles. The minimum absolute atomic E-state index is 0.718. The molecule has 1 aromatic heterocycles. The Hall–Kier alpha value is -0.370. The van der Waals surface area contributed by atoms with Gasteiger partial charge in [-0.15, -0.1) is 0 Å². The third-order valence-electron chi connectivity index (χ3n) is 3.09. The molecule has 0 spiro atoms. The molecule has 76 valence electrons. The predicted octanol–water partition coefficient (Wildman–Crippen LogP) is 4.20. The third kappa shape index (κ3) is 2.17. The molecule has 1 aliphatic carbocycles. The molecule has 2 rings (SSSR count). The van der Waals surface area contributed by atoms with Crippen LogP contribution in [0.2, 0.25) is 0 Å². The lowest BCUT2D eigenvalue weighted by Gasteiger charge is -2.21. The van der Waals surface area contributed by atoms with E-state index in [1.807, 2.05) is 6.20 Å². The normalized spacial score (nSPS) is 18.4. The average Bonchev–Trinajstić information content (AvgIpc) is 2.23. The van der Waals surface area contributed by atoms with Gasteiger partial charge in [0.15, 0.2) is 0 Å². The van der Waals surface area contributed by atoms with Crippen molar-refractivity contribution in [2.24, 2.45) is 0 Å². The van der Waals surface area contributed by atoms with Crippen LogP contribution in [0.3, 0.4) is 0 Å². The number of aromatic nitrogens is 1. The van der Waals surface area contributed by atoms with Gasteiger partial charge >= 0.3 is 0 Å². The molecule has 0 aliphatic heterocycles. The van der Waals surface area contributed by atoms with Gasteiger partial charge in [-0.25, -0.2) is 0 Å². The topological polar surface area (TPSA) is 12.9 Å². The van der Waals surface area contributed by atoms with E-state index in [9.17, 15) is 0 Å². The average molecular weight is 254 g/mol. The zero-order valence-corrected chi connectivity index (χ0v) is 10.2. The van der Waals surface area contributed by atoms with Crippen molar-refractivity contribution in [2.45, 2.75) is 44.9 Å². The summed E-state index contributed by atoms with van der Waals surface area (Å²) in [6.45, 7) is 2.14. The van der Waals surface area contributed by atoms with E-state index in [-0.39, 0.29) is 0 Å². The summed E-state index contributed by atoms with van der Waals surface area (Å²) in [5.74, 6) is 0.718. The highest BCUT2D eigenvalue weighted by Gasteiger charge is 2.16. The molecule has 0 radical (unpaired) electrons. The SMILES string of the molecule is Cc1cc(C2CCCCC2)ncc1Br. The monoisotopic (exact) mass is 253 g/mol. The van der Waals surface area contributed by atoms with Gasteiger partial charge in [0, 0.05) is 22.3 Å². The van der Waals surface area contributed by atoms with Gasteiger partial charge in [0.2, 0.25) is 0 Å². The van der Waals surface area contributed by atoms with Crippen molar-refractivity contribution in [1.29, 1.82) is 0 Å². The largest absolute Gasteiger partial charge is 0.260 e. The van der Waals surface area contributed by atoms with E-state index in [1.54, 1.807) is 0 Å². The van der Waals surface area contributed by atoms with E-state index >= 15 is 0 Å². The number of nitrogens with zero attached hydrogens (tertiary/aromatic N) is 1. The number of halogens is 1. The van der Waals surface area contributed by atoms with Gasteiger partial charge in [-0.3, -0.25) is 4.98 Å². The molecule has 0 bridgehead atoms. The lowest BCUT2D eigenvalue weighted by atomic mass is 9.86. The van der Waals surface area contributed by atoms with Crippen molar-refractivity contribution in [3.8, 4) is 0 Å². The second kappa shape index (κ2) is 4.43. The molecular weight excluding hydrogens is 238 g/mol. The molecule has 0 amide bonds. The Labute approximate surface area is 94.1 Å². The first kappa shape index (κ1) is 10.2. The lowest BCUT2D eigenvalue weighted by Crippen LogP contribution is -2.06. The summed E-state index contributed by atoms with van der Waals surface area (Å²) in [6.07, 6.45) is 8.76. The van der Waals surface area contributed by atoms with Crippen molar-refractivity contribution >= 4 is 15.9 Å². The maximum atomic E-state index is 4.52. The van der Waals surface area contributed by atoms with Crippen LogP contribution in [0.5, 0.6) is 0 Å². The Bertz CT molecular complexity index is 316. The summed E-state index contributed by atoms with van der Waals surface area (Å²) in [7, 11) is 0. The second-order valence-corrected chi connectivity index (χ2v) is 5.05. The molecule has 2 heteroatoms. The summed E-state index contributed by atoms with van der Waals surface area (Å²) >= 11 is 3.49. The summed E-state index contributed by atoms with van der Waals surface area (Å²) in [6, 6.07) is 2.24. The van der Waals surface area contributed by atoms with Crippen LogP contribution in [0.1, 0.15) is 49.3 Å². The van der Waals surface area contributed by atoms with E-state index in [2.05, 4.69) is 33.9 Å². The molecule has 0 saturated heterocycles. The fraction of sp³-hybridized carbons (Fsp3) is 0.583. The highest BCUT2D eigenvalue weighted by molar-refractivity contribution is 9.10. The van der Waals surface area contributed by atoms with Gasteiger partial charge in [-0.1, -0.05) is 19.3 Å². The van der Waals surface area contributed by atoms with Crippen LogP contribution in [0.15, 0.2) is 16.7 Å². The molecule has 0 atom stereocenters. The summed E-state index contributed by atoms with van der Waals surface area (Å²) in [5.41, 5.74) is 2.60. The predicted molar refractivity (Wildman–Crippen MR) is 62.5 cm³/mol. The van der Waals surface area contributed by atoms with E-state index in [0.29, 0.717) is 0 Å². The van der Waals surface area contributed by atoms with E-state index < -0.39 is 0 Å². The van der Waals surface area contributed by atoms with Gasteiger partial charge in [0.05, 0.1) is 0 Å². The second-order valence-electron chi connectivity index (χ2n) is 4.19. The maximum absolute atomic E-state index is 4.52. The molecule has 14 heavy (non-hydrogen) atoms.